The van der Waals surface area contributed by atoms with Crippen molar-refractivity contribution in [3.05, 3.63) is 88.6 Å². The van der Waals surface area contributed by atoms with Crippen LogP contribution < -0.4 is 10.1 Å². The van der Waals surface area contributed by atoms with Gasteiger partial charge < -0.3 is 15.2 Å². The lowest BCUT2D eigenvalue weighted by Crippen LogP contribution is -2.14. The van der Waals surface area contributed by atoms with Crippen LogP contribution in [0.25, 0.3) is 0 Å². The maximum Gasteiger partial charge on any atom is 0.303 e. The number of aliphatic carboxylic acids is 1. The number of nitrogens with one attached hydrogen (secondary N) is 1. The molecule has 0 spiro atoms. The maximum absolute atomic E-state index is 10.9. The molecular weight excluding hydrogens is 388 g/mol. The molecule has 1 aliphatic rings. The second-order valence-electron chi connectivity index (χ2n) is 7.92. The lowest BCUT2D eigenvalue weighted by Gasteiger charge is -2.17. The van der Waals surface area contributed by atoms with Gasteiger partial charge in [-0.25, -0.2) is 4.98 Å². The SMILES string of the molecule is O=C(O)CCc1ccccc1Cc1ccc(OCCc2ccc3c(n2)NCCC3)cc1. The molecule has 5 heteroatoms. The number of carboxylic acid groups (broad SMARTS) is 1. The molecule has 1 aliphatic heterocycles. The number of fused-ring (bicyclic) bond motifs is 1. The molecule has 0 radical (unpaired) electrons. The first-order valence-electron chi connectivity index (χ1n) is 10.9. The first kappa shape index (κ1) is 20.9. The molecule has 5 nitrogen and oxygen atoms in total. The summed E-state index contributed by atoms with van der Waals surface area (Å²) >= 11 is 0. The van der Waals surface area contributed by atoms with Gasteiger partial charge in [0.05, 0.1) is 6.61 Å². The molecule has 0 amide bonds. The van der Waals surface area contributed by atoms with Crippen molar-refractivity contribution in [2.45, 2.75) is 38.5 Å². The third kappa shape index (κ3) is 5.85. The first-order chi connectivity index (χ1) is 15.2. The highest BCUT2D eigenvalue weighted by molar-refractivity contribution is 5.67. The minimum Gasteiger partial charge on any atom is -0.493 e. The smallest absolute Gasteiger partial charge is 0.303 e. The third-order valence-electron chi connectivity index (χ3n) is 5.62. The normalized spacial score (nSPS) is 12.6. The summed E-state index contributed by atoms with van der Waals surface area (Å²) in [5.74, 6) is 1.11. The molecule has 2 heterocycles. The number of nitrogens with zero attached hydrogens (tertiary/aromatic N) is 1. The molecule has 0 bridgehead atoms. The minimum absolute atomic E-state index is 0.152. The fourth-order valence-electron chi connectivity index (χ4n) is 3.92. The van der Waals surface area contributed by atoms with E-state index in [0.717, 1.165) is 48.6 Å². The van der Waals surface area contributed by atoms with Gasteiger partial charge in [-0.2, -0.15) is 0 Å². The highest BCUT2D eigenvalue weighted by atomic mass is 16.5. The monoisotopic (exact) mass is 416 g/mol. The number of aryl methyl sites for hydroxylation is 2. The number of hydrogen-bond donors (Lipinski definition) is 2. The van der Waals surface area contributed by atoms with Crippen LogP contribution in [0.4, 0.5) is 5.82 Å². The molecule has 0 unspecified atom stereocenters. The van der Waals surface area contributed by atoms with Gasteiger partial charge in [-0.1, -0.05) is 42.5 Å². The van der Waals surface area contributed by atoms with Crippen molar-refractivity contribution < 1.29 is 14.6 Å². The number of carboxylic acids is 1. The largest absolute Gasteiger partial charge is 0.493 e. The van der Waals surface area contributed by atoms with Gasteiger partial charge in [0.25, 0.3) is 0 Å². The summed E-state index contributed by atoms with van der Waals surface area (Å²) in [5.41, 5.74) is 5.79. The zero-order valence-electron chi connectivity index (χ0n) is 17.6. The van der Waals surface area contributed by atoms with Crippen LogP contribution in [0.1, 0.15) is 40.8 Å². The Hall–Kier alpha value is -3.34. The fourth-order valence-corrected chi connectivity index (χ4v) is 3.92. The van der Waals surface area contributed by atoms with Gasteiger partial charge in [0.1, 0.15) is 11.6 Å². The van der Waals surface area contributed by atoms with Crippen molar-refractivity contribution in [1.82, 2.24) is 4.98 Å². The Morgan fingerprint density at radius 3 is 2.61 bits per heavy atom. The summed E-state index contributed by atoms with van der Waals surface area (Å²) in [7, 11) is 0. The van der Waals surface area contributed by atoms with Crippen LogP contribution in [0.2, 0.25) is 0 Å². The number of hydrogen-bond acceptors (Lipinski definition) is 4. The summed E-state index contributed by atoms with van der Waals surface area (Å²) in [5, 5.41) is 12.3. The Kier molecular flexibility index (Phi) is 6.82. The number of rotatable bonds is 9. The summed E-state index contributed by atoms with van der Waals surface area (Å²) in [6, 6.07) is 20.5. The van der Waals surface area contributed by atoms with E-state index < -0.39 is 5.97 Å². The quantitative estimate of drug-likeness (QED) is 0.530. The second-order valence-corrected chi connectivity index (χ2v) is 7.92. The second kappa shape index (κ2) is 10.1. The van der Waals surface area contributed by atoms with Crippen molar-refractivity contribution in [2.75, 3.05) is 18.5 Å². The Labute approximate surface area is 183 Å². The molecule has 2 N–H and O–H groups in total. The van der Waals surface area contributed by atoms with Crippen molar-refractivity contribution >= 4 is 11.8 Å². The number of aromatic nitrogens is 1. The molecule has 0 saturated carbocycles. The predicted molar refractivity (Wildman–Crippen MR) is 122 cm³/mol. The van der Waals surface area contributed by atoms with E-state index >= 15 is 0 Å². The van der Waals surface area contributed by atoms with Gasteiger partial charge in [0.2, 0.25) is 0 Å². The van der Waals surface area contributed by atoms with Gasteiger partial charge in [-0.3, -0.25) is 4.79 Å². The standard InChI is InChI=1S/C26H28N2O3/c29-25(30)14-10-20-4-1-2-5-22(20)18-19-7-12-24(13-8-19)31-17-15-23-11-9-21-6-3-16-27-26(21)28-23/h1-2,4-5,7-9,11-13H,3,6,10,14-18H2,(H,27,28)(H,29,30). The van der Waals surface area contributed by atoms with Crippen molar-refractivity contribution in [3.63, 3.8) is 0 Å². The molecule has 3 aromatic rings. The van der Waals surface area contributed by atoms with E-state index in [-0.39, 0.29) is 6.42 Å². The first-order valence-corrected chi connectivity index (χ1v) is 10.9. The highest BCUT2D eigenvalue weighted by Crippen LogP contribution is 2.21. The summed E-state index contributed by atoms with van der Waals surface area (Å²) in [6.07, 6.45) is 4.53. The van der Waals surface area contributed by atoms with Gasteiger partial charge in [0, 0.05) is 25.1 Å². The van der Waals surface area contributed by atoms with Gasteiger partial charge >= 0.3 is 5.97 Å². The van der Waals surface area contributed by atoms with Crippen LogP contribution in [-0.4, -0.2) is 29.2 Å². The van der Waals surface area contributed by atoms with Crippen LogP contribution in [0.15, 0.2) is 60.7 Å². The number of carbonyl (C=O) groups is 1. The number of benzene rings is 2. The van der Waals surface area contributed by atoms with E-state index in [2.05, 4.69) is 35.6 Å². The molecule has 0 atom stereocenters. The van der Waals surface area contributed by atoms with Crippen LogP contribution in [0.3, 0.4) is 0 Å². The van der Waals surface area contributed by atoms with Gasteiger partial charge in [-0.05, 0) is 66.1 Å². The lowest BCUT2D eigenvalue weighted by molar-refractivity contribution is -0.136. The Morgan fingerprint density at radius 2 is 1.81 bits per heavy atom. The molecule has 160 valence electrons. The molecule has 1 aromatic heterocycles. The van der Waals surface area contributed by atoms with E-state index in [1.807, 2.05) is 30.3 Å². The highest BCUT2D eigenvalue weighted by Gasteiger charge is 2.10. The van der Waals surface area contributed by atoms with Crippen LogP contribution >= 0.6 is 0 Å². The Bertz CT molecular complexity index is 1030. The Morgan fingerprint density at radius 1 is 1.00 bits per heavy atom. The molecule has 4 rings (SSSR count). The number of anilines is 1. The van der Waals surface area contributed by atoms with Crippen LogP contribution in [0, 0.1) is 0 Å². The van der Waals surface area contributed by atoms with Crippen molar-refractivity contribution in [3.8, 4) is 5.75 Å². The topological polar surface area (TPSA) is 71.5 Å². The van der Waals surface area contributed by atoms with E-state index in [0.29, 0.717) is 13.0 Å². The lowest BCUT2D eigenvalue weighted by atomic mass is 9.97. The summed E-state index contributed by atoms with van der Waals surface area (Å²) in [4.78, 5) is 15.6. The summed E-state index contributed by atoms with van der Waals surface area (Å²) in [6.45, 7) is 1.58. The molecule has 2 aromatic carbocycles. The molecule has 0 aliphatic carbocycles. The maximum atomic E-state index is 10.9. The van der Waals surface area contributed by atoms with Crippen molar-refractivity contribution in [2.24, 2.45) is 0 Å². The molecule has 0 fully saturated rings. The molecule has 0 saturated heterocycles. The molecule has 31 heavy (non-hydrogen) atoms. The van der Waals surface area contributed by atoms with E-state index in [1.54, 1.807) is 0 Å². The predicted octanol–water partition coefficient (Wildman–Crippen LogP) is 4.67. The Balaban J connectivity index is 1.30. The summed E-state index contributed by atoms with van der Waals surface area (Å²) < 4.78 is 5.92. The van der Waals surface area contributed by atoms with E-state index in [4.69, 9.17) is 14.8 Å². The zero-order chi connectivity index (χ0) is 21.5. The number of pyridine rings is 1. The zero-order valence-corrected chi connectivity index (χ0v) is 17.6. The van der Waals surface area contributed by atoms with Crippen LogP contribution in [-0.2, 0) is 30.5 Å². The minimum atomic E-state index is -0.766. The van der Waals surface area contributed by atoms with Crippen molar-refractivity contribution in [1.29, 1.82) is 0 Å². The van der Waals surface area contributed by atoms with E-state index in [9.17, 15) is 4.79 Å². The van der Waals surface area contributed by atoms with E-state index in [1.165, 1.54) is 23.1 Å². The van der Waals surface area contributed by atoms with Gasteiger partial charge in [0.15, 0.2) is 0 Å². The third-order valence-corrected chi connectivity index (χ3v) is 5.62. The fraction of sp³-hybridized carbons (Fsp3) is 0.308. The average Bonchev–Trinajstić information content (AvgIpc) is 2.79. The molecular formula is C26H28N2O3. The average molecular weight is 417 g/mol. The van der Waals surface area contributed by atoms with Gasteiger partial charge in [-0.15, -0.1) is 0 Å². The number of ether oxygens (including phenoxy) is 1. The van der Waals surface area contributed by atoms with Crippen LogP contribution in [0.5, 0.6) is 5.75 Å².